The van der Waals surface area contributed by atoms with Crippen LogP contribution >= 0.6 is 0 Å². The van der Waals surface area contributed by atoms with Crippen LogP contribution in [0.2, 0.25) is 0 Å². The smallest absolute Gasteiger partial charge is 0.179 e. The maximum atomic E-state index is 13.9. The lowest BCUT2D eigenvalue weighted by atomic mass is 10.2. The van der Waals surface area contributed by atoms with E-state index in [0.29, 0.717) is 5.69 Å². The van der Waals surface area contributed by atoms with Crippen molar-refractivity contribution >= 4 is 21.8 Å². The van der Waals surface area contributed by atoms with Gasteiger partial charge in [-0.2, -0.15) is 0 Å². The fourth-order valence-corrected chi connectivity index (χ4v) is 3.36. The van der Waals surface area contributed by atoms with Gasteiger partial charge in [-0.1, -0.05) is 6.92 Å². The number of carbonyl (C=O) groups excluding carboxylic acids is 1. The number of anilines is 1. The normalized spacial score (nSPS) is 15.8. The Bertz CT molecular complexity index is 592. The highest BCUT2D eigenvalue weighted by Crippen LogP contribution is 2.28. The molecule has 0 aliphatic carbocycles. The van der Waals surface area contributed by atoms with Gasteiger partial charge in [0, 0.05) is 18.8 Å². The van der Waals surface area contributed by atoms with E-state index in [1.165, 1.54) is 19.1 Å². The van der Waals surface area contributed by atoms with Gasteiger partial charge >= 0.3 is 0 Å². The molecule has 1 aliphatic rings. The maximum Gasteiger partial charge on any atom is 0.179 e. The summed E-state index contributed by atoms with van der Waals surface area (Å²) < 4.78 is 37.8. The molecule has 0 atom stereocenters. The fourth-order valence-electron chi connectivity index (χ4n) is 2.26. The van der Waals surface area contributed by atoms with E-state index < -0.39 is 15.7 Å². The topological polar surface area (TPSA) is 54.5 Å². The Labute approximate surface area is 112 Å². The first-order valence-corrected chi connectivity index (χ1v) is 7.91. The second-order valence-electron chi connectivity index (χ2n) is 4.55. The molecule has 0 spiro atoms. The Balaban J connectivity index is 2.59. The summed E-state index contributed by atoms with van der Waals surface area (Å²) in [5, 5.41) is 0. The number of hydrogen-bond donors (Lipinski definition) is 0. The number of carbonyl (C=O) groups is 1. The van der Waals surface area contributed by atoms with Crippen molar-refractivity contribution in [3.8, 4) is 0 Å². The number of benzene rings is 1. The van der Waals surface area contributed by atoms with E-state index in [4.69, 9.17) is 0 Å². The van der Waals surface area contributed by atoms with Crippen LogP contribution in [0.1, 0.15) is 30.1 Å². The highest BCUT2D eigenvalue weighted by atomic mass is 32.2. The van der Waals surface area contributed by atoms with Crippen LogP contribution in [0.25, 0.3) is 0 Å². The van der Waals surface area contributed by atoms with Crippen LogP contribution in [-0.4, -0.2) is 33.5 Å². The van der Waals surface area contributed by atoms with Crippen LogP contribution in [0.15, 0.2) is 17.0 Å². The van der Waals surface area contributed by atoms with Crippen molar-refractivity contribution in [3.05, 3.63) is 23.5 Å². The van der Waals surface area contributed by atoms with E-state index in [-0.39, 0.29) is 22.5 Å². The maximum absolute atomic E-state index is 13.9. The van der Waals surface area contributed by atoms with Gasteiger partial charge < -0.3 is 4.90 Å². The van der Waals surface area contributed by atoms with E-state index in [1.54, 1.807) is 0 Å². The van der Waals surface area contributed by atoms with Crippen LogP contribution in [0, 0.1) is 5.82 Å². The third-order valence-electron chi connectivity index (χ3n) is 3.38. The highest BCUT2D eigenvalue weighted by molar-refractivity contribution is 7.91. The minimum absolute atomic E-state index is 0.156. The second-order valence-corrected chi connectivity index (χ2v) is 6.80. The average molecular weight is 285 g/mol. The lowest BCUT2D eigenvalue weighted by molar-refractivity contribution is 0.111. The number of aldehydes is 1. The standard InChI is InChI=1S/C13H16FNO3S/c1-2-19(17,18)13-8-10(15-5-3-4-6-15)7-12(14)11(13)9-16/h7-9H,2-6H2,1H3. The molecule has 0 aromatic heterocycles. The zero-order valence-electron chi connectivity index (χ0n) is 10.7. The predicted molar refractivity (Wildman–Crippen MR) is 71.0 cm³/mol. The summed E-state index contributed by atoms with van der Waals surface area (Å²) in [5.74, 6) is -0.928. The second kappa shape index (κ2) is 5.28. The Morgan fingerprint density at radius 2 is 1.95 bits per heavy atom. The van der Waals surface area contributed by atoms with Gasteiger partial charge in [-0.15, -0.1) is 0 Å². The SMILES string of the molecule is CCS(=O)(=O)c1cc(N2CCCC2)cc(F)c1C=O. The Hall–Kier alpha value is -1.43. The zero-order chi connectivity index (χ0) is 14.0. The summed E-state index contributed by atoms with van der Waals surface area (Å²) in [6.07, 6.45) is 2.28. The molecule has 19 heavy (non-hydrogen) atoms. The Morgan fingerprint density at radius 3 is 2.47 bits per heavy atom. The minimum atomic E-state index is -3.61. The van der Waals surface area contributed by atoms with Gasteiger partial charge in [0.1, 0.15) is 5.82 Å². The summed E-state index contributed by atoms with van der Waals surface area (Å²) in [4.78, 5) is 12.7. The summed E-state index contributed by atoms with van der Waals surface area (Å²) in [7, 11) is -3.61. The van der Waals surface area contributed by atoms with Gasteiger partial charge in [0.25, 0.3) is 0 Å². The van der Waals surface area contributed by atoms with Crippen molar-refractivity contribution in [3.63, 3.8) is 0 Å². The molecule has 1 aromatic rings. The van der Waals surface area contributed by atoms with Crippen molar-refractivity contribution in [2.45, 2.75) is 24.7 Å². The lowest BCUT2D eigenvalue weighted by Gasteiger charge is -2.19. The number of rotatable bonds is 4. The highest BCUT2D eigenvalue weighted by Gasteiger charge is 2.23. The molecule has 0 saturated carbocycles. The fraction of sp³-hybridized carbons (Fsp3) is 0.462. The summed E-state index contributed by atoms with van der Waals surface area (Å²) in [6, 6.07) is 2.65. The van der Waals surface area contributed by atoms with Crippen molar-refractivity contribution in [2.75, 3.05) is 23.7 Å². The van der Waals surface area contributed by atoms with E-state index in [2.05, 4.69) is 0 Å². The molecule has 0 unspecified atom stereocenters. The lowest BCUT2D eigenvalue weighted by Crippen LogP contribution is -2.19. The molecule has 0 amide bonds. The first kappa shape index (κ1) is 14.0. The van der Waals surface area contributed by atoms with Gasteiger partial charge in [0.05, 0.1) is 16.2 Å². The van der Waals surface area contributed by atoms with Gasteiger partial charge in [0.15, 0.2) is 16.1 Å². The molecule has 6 heteroatoms. The average Bonchev–Trinajstić information content (AvgIpc) is 2.91. The van der Waals surface area contributed by atoms with Gasteiger partial charge in [-0.05, 0) is 25.0 Å². The third-order valence-corrected chi connectivity index (χ3v) is 5.15. The van der Waals surface area contributed by atoms with E-state index in [9.17, 15) is 17.6 Å². The van der Waals surface area contributed by atoms with Crippen LogP contribution in [-0.2, 0) is 9.84 Å². The number of sulfone groups is 1. The largest absolute Gasteiger partial charge is 0.371 e. The number of nitrogens with zero attached hydrogens (tertiary/aromatic N) is 1. The van der Waals surface area contributed by atoms with Gasteiger partial charge in [0.2, 0.25) is 0 Å². The summed E-state index contributed by atoms with van der Waals surface area (Å²) >= 11 is 0. The Morgan fingerprint density at radius 1 is 1.32 bits per heavy atom. The van der Waals surface area contributed by atoms with Crippen LogP contribution < -0.4 is 4.90 Å². The monoisotopic (exact) mass is 285 g/mol. The molecule has 0 radical (unpaired) electrons. The molecule has 104 valence electrons. The first-order valence-electron chi connectivity index (χ1n) is 6.26. The van der Waals surface area contributed by atoms with E-state index in [1.807, 2.05) is 4.90 Å². The van der Waals surface area contributed by atoms with Crippen LogP contribution in [0.3, 0.4) is 0 Å². The molecule has 1 saturated heterocycles. The molecule has 1 heterocycles. The van der Waals surface area contributed by atoms with E-state index >= 15 is 0 Å². The molecule has 1 aromatic carbocycles. The van der Waals surface area contributed by atoms with Crippen molar-refractivity contribution < 1.29 is 17.6 Å². The number of hydrogen-bond acceptors (Lipinski definition) is 4. The third kappa shape index (κ3) is 2.63. The zero-order valence-corrected chi connectivity index (χ0v) is 11.5. The molecule has 4 nitrogen and oxygen atoms in total. The van der Waals surface area contributed by atoms with Crippen LogP contribution in [0.4, 0.5) is 10.1 Å². The quantitative estimate of drug-likeness (QED) is 0.794. The van der Waals surface area contributed by atoms with Crippen molar-refractivity contribution in [2.24, 2.45) is 0 Å². The molecule has 0 N–H and O–H groups in total. The summed E-state index contributed by atoms with van der Waals surface area (Å²) in [6.45, 7) is 3.04. The first-order chi connectivity index (χ1) is 8.99. The predicted octanol–water partition coefficient (Wildman–Crippen LogP) is 2.03. The molecular weight excluding hydrogens is 269 g/mol. The van der Waals surface area contributed by atoms with Crippen LogP contribution in [0.5, 0.6) is 0 Å². The van der Waals surface area contributed by atoms with Crippen molar-refractivity contribution in [1.82, 2.24) is 0 Å². The Kier molecular flexibility index (Phi) is 3.89. The minimum Gasteiger partial charge on any atom is -0.371 e. The molecule has 2 rings (SSSR count). The molecular formula is C13H16FNO3S. The molecule has 1 aliphatic heterocycles. The summed E-state index contributed by atoms with van der Waals surface area (Å²) in [5.41, 5.74) is 0.164. The number of halogens is 1. The molecule has 1 fully saturated rings. The molecule has 0 bridgehead atoms. The van der Waals surface area contributed by atoms with Gasteiger partial charge in [-0.25, -0.2) is 12.8 Å². The van der Waals surface area contributed by atoms with E-state index in [0.717, 1.165) is 25.9 Å². The van der Waals surface area contributed by atoms with Gasteiger partial charge in [-0.3, -0.25) is 4.79 Å². The van der Waals surface area contributed by atoms with Crippen molar-refractivity contribution in [1.29, 1.82) is 0 Å².